The van der Waals surface area contributed by atoms with Gasteiger partial charge in [-0.15, -0.1) is 0 Å². The summed E-state index contributed by atoms with van der Waals surface area (Å²) in [6.45, 7) is 5.70. The van der Waals surface area contributed by atoms with Crippen LogP contribution in [0.1, 0.15) is 39.8 Å². The van der Waals surface area contributed by atoms with E-state index in [1.165, 1.54) is 28.5 Å². The Hall–Kier alpha value is -4.67. The molecule has 5 rings (SSSR count). The molecule has 7 heteroatoms. The lowest BCUT2D eigenvalue weighted by atomic mass is 9.96. The van der Waals surface area contributed by atoms with E-state index in [0.717, 1.165) is 22.4 Å². The average Bonchev–Trinajstić information content (AvgIpc) is 3.29. The number of aryl methyl sites for hydroxylation is 1. The molecule has 0 spiro atoms. The largest absolute Gasteiger partial charge is 0.488 e. The number of rotatable bonds is 9. The van der Waals surface area contributed by atoms with Crippen LogP contribution < -0.4 is 10.1 Å². The molecule has 3 aromatic carbocycles. The fourth-order valence-electron chi connectivity index (χ4n) is 5.09. The number of anilines is 1. The van der Waals surface area contributed by atoms with E-state index in [4.69, 9.17) is 4.74 Å². The third kappa shape index (κ3) is 6.14. The van der Waals surface area contributed by atoms with E-state index < -0.39 is 6.10 Å². The number of nitrogens with zero attached hydrogens (tertiary/aromatic N) is 3. The number of carbonyl (C=O) groups is 1. The van der Waals surface area contributed by atoms with Crippen molar-refractivity contribution in [3.8, 4) is 22.9 Å². The van der Waals surface area contributed by atoms with Gasteiger partial charge in [0.05, 0.1) is 18.1 Å². The molecule has 0 saturated carbocycles. The molecule has 1 fully saturated rings. The molecule has 1 saturated heterocycles. The maximum Gasteiger partial charge on any atom is 0.225 e. The van der Waals surface area contributed by atoms with Crippen molar-refractivity contribution in [2.24, 2.45) is 0 Å². The third-order valence-electron chi connectivity index (χ3n) is 7.28. The topological polar surface area (TPSA) is 98.5 Å². The zero-order valence-electron chi connectivity index (χ0n) is 22.7. The van der Waals surface area contributed by atoms with Crippen LogP contribution >= 0.6 is 0 Å². The maximum absolute atomic E-state index is 12.4. The van der Waals surface area contributed by atoms with Crippen LogP contribution in [0.3, 0.4) is 0 Å². The molecule has 202 valence electrons. The Bertz CT molecular complexity index is 1560. The number of nitrogens with one attached hydrogen (secondary N) is 1. The van der Waals surface area contributed by atoms with Gasteiger partial charge in [-0.05, 0) is 53.8 Å². The van der Waals surface area contributed by atoms with Gasteiger partial charge in [-0.3, -0.25) is 9.78 Å². The molecule has 4 aromatic rings. The summed E-state index contributed by atoms with van der Waals surface area (Å²) in [7, 11) is 0. The van der Waals surface area contributed by atoms with E-state index in [9.17, 15) is 15.2 Å². The molecular formula is C33H32N4O3. The van der Waals surface area contributed by atoms with E-state index in [1.807, 2.05) is 25.1 Å². The summed E-state index contributed by atoms with van der Waals surface area (Å²) in [5.74, 6) is 0.567. The molecule has 1 aromatic heterocycles. The van der Waals surface area contributed by atoms with Gasteiger partial charge in [0.1, 0.15) is 18.4 Å². The predicted octanol–water partition coefficient (Wildman–Crippen LogP) is 5.52. The van der Waals surface area contributed by atoms with Crippen LogP contribution in [0.4, 0.5) is 5.69 Å². The molecular weight excluding hydrogens is 500 g/mol. The van der Waals surface area contributed by atoms with Crippen molar-refractivity contribution >= 4 is 11.6 Å². The highest BCUT2D eigenvalue weighted by Crippen LogP contribution is 2.32. The van der Waals surface area contributed by atoms with Gasteiger partial charge in [-0.1, -0.05) is 48.5 Å². The number of aromatic nitrogens is 1. The number of hydrogen-bond acceptors (Lipinski definition) is 6. The summed E-state index contributed by atoms with van der Waals surface area (Å²) in [4.78, 5) is 18.2. The minimum atomic E-state index is -0.645. The third-order valence-corrected chi connectivity index (χ3v) is 7.28. The fourth-order valence-corrected chi connectivity index (χ4v) is 5.09. The molecule has 40 heavy (non-hydrogen) atoms. The van der Waals surface area contributed by atoms with Crippen LogP contribution in [-0.4, -0.2) is 33.5 Å². The number of carbonyl (C=O) groups excluding carboxylic acids is 1. The lowest BCUT2D eigenvalue weighted by molar-refractivity contribution is -0.128. The van der Waals surface area contributed by atoms with E-state index in [1.54, 1.807) is 17.2 Å². The highest BCUT2D eigenvalue weighted by molar-refractivity contribution is 5.79. The first-order chi connectivity index (χ1) is 19.4. The van der Waals surface area contributed by atoms with E-state index in [0.29, 0.717) is 30.9 Å². The normalized spacial score (nSPS) is 14.7. The Morgan fingerprint density at radius 3 is 2.65 bits per heavy atom. The van der Waals surface area contributed by atoms with Crippen LogP contribution in [0.5, 0.6) is 5.75 Å². The van der Waals surface area contributed by atoms with Gasteiger partial charge in [0.2, 0.25) is 5.91 Å². The second kappa shape index (κ2) is 12.0. The SMILES string of the molecule is Cc1cc(CN2CC(O)CC2=O)c(OCc2cncc(C#N)c2)cc1NCc1cccc(-c2ccccc2)c1C. The number of amides is 1. The zero-order chi connectivity index (χ0) is 28.1. The van der Waals surface area contributed by atoms with E-state index in [-0.39, 0.29) is 18.9 Å². The van der Waals surface area contributed by atoms with Gasteiger partial charge < -0.3 is 20.1 Å². The number of aliphatic hydroxyl groups excluding tert-OH is 1. The highest BCUT2D eigenvalue weighted by Gasteiger charge is 2.28. The van der Waals surface area contributed by atoms with Gasteiger partial charge in [-0.25, -0.2) is 0 Å². The molecule has 1 aliphatic heterocycles. The number of hydrogen-bond donors (Lipinski definition) is 2. The standard InChI is InChI=1S/C33H32N4O3/c1-22-11-28(19-37-20-29(38)13-33(37)39)32(40-21-25-12-24(15-34)16-35-17-25)14-31(22)36-18-27-9-6-10-30(23(27)2)26-7-4-3-5-8-26/h3-12,14,16-17,29,36,38H,13,18-21H2,1-2H3. The number of aliphatic hydroxyl groups is 1. The van der Waals surface area contributed by atoms with Gasteiger partial charge in [0.25, 0.3) is 0 Å². The van der Waals surface area contributed by atoms with Crippen LogP contribution in [0.15, 0.2) is 79.1 Å². The minimum absolute atomic E-state index is 0.0713. The number of β-amino-alcohol motifs (C(OH)–C–C–N with tert-alkyl or cyclic N) is 1. The number of pyridine rings is 1. The van der Waals surface area contributed by atoms with Gasteiger partial charge in [-0.2, -0.15) is 5.26 Å². The number of nitriles is 1. The molecule has 1 unspecified atom stereocenters. The van der Waals surface area contributed by atoms with Crippen LogP contribution in [0.25, 0.3) is 11.1 Å². The second-order valence-corrected chi connectivity index (χ2v) is 10.2. The molecule has 0 bridgehead atoms. The summed E-state index contributed by atoms with van der Waals surface area (Å²) in [5, 5.41) is 22.8. The van der Waals surface area contributed by atoms with E-state index >= 15 is 0 Å². The van der Waals surface area contributed by atoms with Crippen molar-refractivity contribution in [1.29, 1.82) is 5.26 Å². The Labute approximate surface area is 234 Å². The first kappa shape index (κ1) is 26.9. The fraction of sp³-hybridized carbons (Fsp3) is 0.242. The molecule has 1 aliphatic rings. The summed E-state index contributed by atoms with van der Waals surface area (Å²) in [6, 6.07) is 24.6. The Kier molecular flexibility index (Phi) is 8.09. The molecule has 1 amide bonds. The lowest BCUT2D eigenvalue weighted by Gasteiger charge is -2.21. The summed E-state index contributed by atoms with van der Waals surface area (Å²) in [6.07, 6.45) is 2.69. The Balaban J connectivity index is 1.40. The monoisotopic (exact) mass is 532 g/mol. The summed E-state index contributed by atoms with van der Waals surface area (Å²) in [5.41, 5.74) is 8.89. The molecule has 7 nitrogen and oxygen atoms in total. The van der Waals surface area contributed by atoms with Crippen molar-refractivity contribution in [3.05, 3.63) is 113 Å². The maximum atomic E-state index is 12.4. The number of likely N-dealkylation sites (tertiary alicyclic amines) is 1. The van der Waals surface area contributed by atoms with Crippen molar-refractivity contribution in [3.63, 3.8) is 0 Å². The van der Waals surface area contributed by atoms with Crippen molar-refractivity contribution in [2.75, 3.05) is 11.9 Å². The number of ether oxygens (including phenoxy) is 1. The van der Waals surface area contributed by atoms with Crippen LogP contribution in [0, 0.1) is 25.2 Å². The van der Waals surface area contributed by atoms with Gasteiger partial charge in [0, 0.05) is 54.9 Å². The second-order valence-electron chi connectivity index (χ2n) is 10.2. The summed E-state index contributed by atoms with van der Waals surface area (Å²) < 4.78 is 6.25. The highest BCUT2D eigenvalue weighted by atomic mass is 16.5. The molecule has 0 aliphatic carbocycles. The first-order valence-corrected chi connectivity index (χ1v) is 13.3. The van der Waals surface area contributed by atoms with Gasteiger partial charge >= 0.3 is 0 Å². The van der Waals surface area contributed by atoms with E-state index in [2.05, 4.69) is 65.8 Å². The minimum Gasteiger partial charge on any atom is -0.488 e. The zero-order valence-corrected chi connectivity index (χ0v) is 22.7. The van der Waals surface area contributed by atoms with Crippen molar-refractivity contribution in [2.45, 2.75) is 46.1 Å². The molecule has 2 heterocycles. The molecule has 1 atom stereocenters. The smallest absolute Gasteiger partial charge is 0.225 e. The van der Waals surface area contributed by atoms with Crippen molar-refractivity contribution < 1.29 is 14.6 Å². The molecule has 2 N–H and O–H groups in total. The Morgan fingerprint density at radius 1 is 1.07 bits per heavy atom. The molecule has 0 radical (unpaired) electrons. The number of benzene rings is 3. The van der Waals surface area contributed by atoms with Crippen LogP contribution in [0.2, 0.25) is 0 Å². The first-order valence-electron chi connectivity index (χ1n) is 13.3. The van der Waals surface area contributed by atoms with Crippen molar-refractivity contribution in [1.82, 2.24) is 9.88 Å². The van der Waals surface area contributed by atoms with Crippen LogP contribution in [-0.2, 0) is 24.5 Å². The van der Waals surface area contributed by atoms with Gasteiger partial charge in [0.15, 0.2) is 0 Å². The lowest BCUT2D eigenvalue weighted by Crippen LogP contribution is -2.25. The average molecular weight is 533 g/mol. The Morgan fingerprint density at radius 2 is 1.90 bits per heavy atom. The quantitative estimate of drug-likeness (QED) is 0.295. The summed E-state index contributed by atoms with van der Waals surface area (Å²) >= 11 is 0. The predicted molar refractivity (Wildman–Crippen MR) is 154 cm³/mol.